The summed E-state index contributed by atoms with van der Waals surface area (Å²) in [6.07, 6.45) is 8.99. The topological polar surface area (TPSA) is 90.7 Å². The number of nitro benzene ring substituents is 1. The first-order valence-electron chi connectivity index (χ1n) is 8.96. The van der Waals surface area contributed by atoms with Crippen LogP contribution in [0.15, 0.2) is 24.3 Å². The molecule has 0 radical (unpaired) electrons. The summed E-state index contributed by atoms with van der Waals surface area (Å²) in [5, 5.41) is 14.8. The van der Waals surface area contributed by atoms with Crippen LogP contribution in [0.3, 0.4) is 0 Å². The molecule has 7 nitrogen and oxygen atoms in total. The van der Waals surface area contributed by atoms with Gasteiger partial charge >= 0.3 is 5.97 Å². The molecule has 0 amide bonds. The number of nitro groups is 1. The number of benzene rings is 1. The molecule has 0 aromatic heterocycles. The van der Waals surface area contributed by atoms with Gasteiger partial charge in [0, 0.05) is 24.8 Å². The molecular weight excluding hydrogens is 336 g/mol. The molecule has 0 bridgehead atoms. The van der Waals surface area contributed by atoms with Gasteiger partial charge < -0.3 is 14.8 Å². The van der Waals surface area contributed by atoms with E-state index in [0.29, 0.717) is 17.9 Å². The largest absolute Gasteiger partial charge is 0.466 e. The molecule has 26 heavy (non-hydrogen) atoms. The van der Waals surface area contributed by atoms with Gasteiger partial charge in [-0.15, -0.1) is 0 Å². The van der Waals surface area contributed by atoms with Crippen molar-refractivity contribution in [2.24, 2.45) is 0 Å². The zero-order chi connectivity index (χ0) is 18.6. The van der Waals surface area contributed by atoms with E-state index < -0.39 is 10.9 Å². The fourth-order valence-electron chi connectivity index (χ4n) is 3.90. The van der Waals surface area contributed by atoms with E-state index in [0.717, 1.165) is 25.7 Å². The van der Waals surface area contributed by atoms with Crippen molar-refractivity contribution in [2.45, 2.75) is 50.2 Å². The van der Waals surface area contributed by atoms with E-state index in [2.05, 4.69) is 10.1 Å². The maximum atomic E-state index is 11.5. The summed E-state index contributed by atoms with van der Waals surface area (Å²) in [7, 11) is 1.28. The molecule has 2 aliphatic rings. The average molecular weight is 360 g/mol. The number of methoxy groups -OCH3 is 1. The zero-order valence-corrected chi connectivity index (χ0v) is 14.9. The Balaban J connectivity index is 1.75. The van der Waals surface area contributed by atoms with Crippen LogP contribution in [0, 0.1) is 10.1 Å². The highest BCUT2D eigenvalue weighted by atomic mass is 16.6. The molecule has 1 aliphatic carbocycles. The molecule has 1 aromatic carbocycles. The van der Waals surface area contributed by atoms with E-state index in [1.807, 2.05) is 0 Å². The molecule has 140 valence electrons. The van der Waals surface area contributed by atoms with E-state index in [1.54, 1.807) is 12.1 Å². The minimum atomic E-state index is -0.501. The summed E-state index contributed by atoms with van der Waals surface area (Å²) >= 11 is 0. The van der Waals surface area contributed by atoms with Crippen molar-refractivity contribution in [3.63, 3.8) is 0 Å². The molecule has 1 spiro atoms. The Morgan fingerprint density at radius 1 is 1.42 bits per heavy atom. The van der Waals surface area contributed by atoms with Crippen LogP contribution in [0.5, 0.6) is 0 Å². The number of nitrogens with zero attached hydrogens (tertiary/aromatic N) is 1. The summed E-state index contributed by atoms with van der Waals surface area (Å²) in [6.45, 7) is 0.686. The van der Waals surface area contributed by atoms with E-state index in [9.17, 15) is 14.9 Å². The lowest BCUT2D eigenvalue weighted by Gasteiger charge is -2.38. The van der Waals surface area contributed by atoms with Crippen molar-refractivity contribution in [2.75, 3.05) is 19.0 Å². The predicted octanol–water partition coefficient (Wildman–Crippen LogP) is 3.68. The SMILES string of the molecule is COC(=O)/C=C/c1ccc(NC2CCOC3(CCCC3)C2)c([N+](=O)[O-])c1. The quantitative estimate of drug-likeness (QED) is 0.373. The van der Waals surface area contributed by atoms with Crippen molar-refractivity contribution in [1.29, 1.82) is 0 Å². The van der Waals surface area contributed by atoms with Gasteiger partial charge in [0.2, 0.25) is 0 Å². The van der Waals surface area contributed by atoms with Gasteiger partial charge in [0.05, 0.1) is 17.6 Å². The average Bonchev–Trinajstić information content (AvgIpc) is 3.07. The number of nitrogens with one attached hydrogen (secondary N) is 1. The summed E-state index contributed by atoms with van der Waals surface area (Å²) < 4.78 is 10.6. The van der Waals surface area contributed by atoms with Gasteiger partial charge in [0.1, 0.15) is 5.69 Å². The van der Waals surface area contributed by atoms with Crippen molar-refractivity contribution in [1.82, 2.24) is 0 Å². The third-order valence-electron chi connectivity index (χ3n) is 5.20. The van der Waals surface area contributed by atoms with Gasteiger partial charge in [-0.2, -0.15) is 0 Å². The van der Waals surface area contributed by atoms with Crippen molar-refractivity contribution in [3.8, 4) is 0 Å². The first kappa shape index (κ1) is 18.4. The Hall–Kier alpha value is -2.41. The number of hydrogen-bond donors (Lipinski definition) is 1. The molecule has 1 saturated heterocycles. The second-order valence-corrected chi connectivity index (χ2v) is 6.96. The van der Waals surface area contributed by atoms with Gasteiger partial charge in [0.25, 0.3) is 5.69 Å². The third-order valence-corrected chi connectivity index (χ3v) is 5.20. The smallest absolute Gasteiger partial charge is 0.330 e. The number of carbonyl (C=O) groups excluding carboxylic acids is 1. The molecule has 1 aliphatic heterocycles. The highest BCUT2D eigenvalue weighted by Gasteiger charge is 2.40. The third kappa shape index (κ3) is 4.22. The first-order chi connectivity index (χ1) is 12.5. The van der Waals surface area contributed by atoms with E-state index >= 15 is 0 Å². The molecule has 2 fully saturated rings. The van der Waals surface area contributed by atoms with Crippen LogP contribution in [0.2, 0.25) is 0 Å². The molecule has 1 N–H and O–H groups in total. The van der Waals surface area contributed by atoms with E-state index in [-0.39, 0.29) is 17.3 Å². The second kappa shape index (κ2) is 7.86. The number of rotatable bonds is 5. The number of ether oxygens (including phenoxy) is 2. The summed E-state index contributed by atoms with van der Waals surface area (Å²) in [5.74, 6) is -0.501. The Bertz CT molecular complexity index is 710. The van der Waals surface area contributed by atoms with Crippen LogP contribution < -0.4 is 5.32 Å². The minimum absolute atomic E-state index is 0.00368. The van der Waals surface area contributed by atoms with Crippen molar-refractivity contribution in [3.05, 3.63) is 40.0 Å². The molecule has 1 heterocycles. The predicted molar refractivity (Wildman–Crippen MR) is 97.9 cm³/mol. The van der Waals surface area contributed by atoms with E-state index in [1.165, 1.54) is 38.2 Å². The lowest BCUT2D eigenvalue weighted by atomic mass is 9.88. The lowest BCUT2D eigenvalue weighted by molar-refractivity contribution is -0.384. The zero-order valence-electron chi connectivity index (χ0n) is 14.9. The highest BCUT2D eigenvalue weighted by Crippen LogP contribution is 2.41. The number of anilines is 1. The van der Waals surface area contributed by atoms with Crippen LogP contribution in [-0.2, 0) is 14.3 Å². The summed E-state index contributed by atoms with van der Waals surface area (Å²) in [4.78, 5) is 22.3. The molecule has 1 saturated carbocycles. The highest BCUT2D eigenvalue weighted by molar-refractivity contribution is 5.87. The van der Waals surface area contributed by atoms with Crippen LogP contribution in [0.25, 0.3) is 6.08 Å². The maximum Gasteiger partial charge on any atom is 0.330 e. The fraction of sp³-hybridized carbons (Fsp3) is 0.526. The molecular formula is C19H24N2O5. The Morgan fingerprint density at radius 2 is 2.19 bits per heavy atom. The summed E-state index contributed by atoms with van der Waals surface area (Å²) in [6, 6.07) is 5.08. The Labute approximate surface area is 152 Å². The van der Waals surface area contributed by atoms with Gasteiger partial charge in [0.15, 0.2) is 0 Å². The number of hydrogen-bond acceptors (Lipinski definition) is 6. The van der Waals surface area contributed by atoms with Crippen molar-refractivity contribution >= 4 is 23.4 Å². The van der Waals surface area contributed by atoms with Gasteiger partial charge in [-0.05, 0) is 43.4 Å². The molecule has 1 unspecified atom stereocenters. The van der Waals surface area contributed by atoms with Crippen molar-refractivity contribution < 1.29 is 19.2 Å². The second-order valence-electron chi connectivity index (χ2n) is 6.96. The van der Waals surface area contributed by atoms with Crippen LogP contribution in [-0.4, -0.2) is 36.3 Å². The Kier molecular flexibility index (Phi) is 5.56. The fourth-order valence-corrected chi connectivity index (χ4v) is 3.90. The molecule has 1 atom stereocenters. The number of carbonyl (C=O) groups is 1. The van der Waals surface area contributed by atoms with E-state index in [4.69, 9.17) is 4.74 Å². The van der Waals surface area contributed by atoms with Crippen LogP contribution >= 0.6 is 0 Å². The van der Waals surface area contributed by atoms with Gasteiger partial charge in [-0.1, -0.05) is 18.9 Å². The normalized spacial score (nSPS) is 21.8. The lowest BCUT2D eigenvalue weighted by Crippen LogP contribution is -2.42. The van der Waals surface area contributed by atoms with Gasteiger partial charge in [-0.3, -0.25) is 10.1 Å². The molecule has 1 aromatic rings. The Morgan fingerprint density at radius 3 is 2.88 bits per heavy atom. The summed E-state index contributed by atoms with van der Waals surface area (Å²) in [5.41, 5.74) is 1.04. The first-order valence-corrected chi connectivity index (χ1v) is 8.96. The maximum absolute atomic E-state index is 11.5. The monoisotopic (exact) mass is 360 g/mol. The van der Waals surface area contributed by atoms with Crippen LogP contribution in [0.1, 0.15) is 44.1 Å². The molecule has 3 rings (SSSR count). The minimum Gasteiger partial charge on any atom is -0.466 e. The van der Waals surface area contributed by atoms with Crippen LogP contribution in [0.4, 0.5) is 11.4 Å². The molecule has 7 heteroatoms. The van der Waals surface area contributed by atoms with Gasteiger partial charge in [-0.25, -0.2) is 4.79 Å². The number of esters is 1. The standard InChI is InChI=1S/C19H24N2O5/c1-25-18(22)7-5-14-4-6-16(17(12-14)21(23)24)20-15-8-11-26-19(13-15)9-2-3-10-19/h4-7,12,15,20H,2-3,8-11,13H2,1H3/b7-5+.